The van der Waals surface area contributed by atoms with Crippen molar-refractivity contribution in [2.24, 2.45) is 7.05 Å². The van der Waals surface area contributed by atoms with Crippen molar-refractivity contribution < 1.29 is 4.79 Å². The summed E-state index contributed by atoms with van der Waals surface area (Å²) >= 11 is 6.11. The Labute approximate surface area is 117 Å². The number of aromatic nitrogens is 1. The van der Waals surface area contributed by atoms with Gasteiger partial charge in [-0.2, -0.15) is 5.26 Å². The largest absolute Gasteiger partial charge is 0.344 e. The third-order valence-corrected chi connectivity index (χ3v) is 3.40. The number of nitrogens with zero attached hydrogens (tertiary/aromatic N) is 2. The van der Waals surface area contributed by atoms with Crippen molar-refractivity contribution in [3.63, 3.8) is 0 Å². The number of nitriles is 1. The van der Waals surface area contributed by atoms with Crippen LogP contribution < -0.4 is 0 Å². The SMILES string of the molecule is Cc1ccc(C(=O)c2ccc(CC#N)n2C)c(Cl)c1. The zero-order chi connectivity index (χ0) is 14.0. The molecular formula is C15H13ClN2O. The third kappa shape index (κ3) is 2.54. The van der Waals surface area contributed by atoms with Crippen molar-refractivity contribution in [1.82, 2.24) is 4.57 Å². The van der Waals surface area contributed by atoms with Gasteiger partial charge < -0.3 is 4.57 Å². The Hall–Kier alpha value is -2.05. The molecule has 1 heterocycles. The average molecular weight is 273 g/mol. The Kier molecular flexibility index (Phi) is 3.73. The lowest BCUT2D eigenvalue weighted by molar-refractivity contribution is 0.103. The van der Waals surface area contributed by atoms with Gasteiger partial charge in [0.1, 0.15) is 0 Å². The number of hydrogen-bond donors (Lipinski definition) is 0. The molecule has 2 aromatic rings. The van der Waals surface area contributed by atoms with Crippen LogP contribution in [0.2, 0.25) is 5.02 Å². The van der Waals surface area contributed by atoms with Gasteiger partial charge in [-0.05, 0) is 36.8 Å². The van der Waals surface area contributed by atoms with E-state index >= 15 is 0 Å². The Morgan fingerprint density at radius 3 is 2.74 bits per heavy atom. The Bertz CT molecular complexity index is 680. The van der Waals surface area contributed by atoms with E-state index < -0.39 is 0 Å². The number of carbonyl (C=O) groups excluding carboxylic acids is 1. The van der Waals surface area contributed by atoms with Crippen LogP contribution in [0.15, 0.2) is 30.3 Å². The molecule has 0 atom stereocenters. The van der Waals surface area contributed by atoms with E-state index in [1.807, 2.05) is 13.0 Å². The van der Waals surface area contributed by atoms with Crippen molar-refractivity contribution in [3.8, 4) is 6.07 Å². The molecule has 3 nitrogen and oxygen atoms in total. The minimum Gasteiger partial charge on any atom is -0.344 e. The van der Waals surface area contributed by atoms with Gasteiger partial charge in [0, 0.05) is 18.3 Å². The Balaban J connectivity index is 2.42. The van der Waals surface area contributed by atoms with E-state index in [2.05, 4.69) is 6.07 Å². The lowest BCUT2D eigenvalue weighted by atomic mass is 10.1. The van der Waals surface area contributed by atoms with Crippen LogP contribution in [0.4, 0.5) is 0 Å². The molecule has 0 saturated heterocycles. The highest BCUT2D eigenvalue weighted by molar-refractivity contribution is 6.34. The van der Waals surface area contributed by atoms with E-state index in [-0.39, 0.29) is 12.2 Å². The van der Waals surface area contributed by atoms with Gasteiger partial charge in [-0.1, -0.05) is 17.7 Å². The van der Waals surface area contributed by atoms with Gasteiger partial charge in [0.25, 0.3) is 0 Å². The van der Waals surface area contributed by atoms with Crippen molar-refractivity contribution in [3.05, 3.63) is 57.9 Å². The highest BCUT2D eigenvalue weighted by Gasteiger charge is 2.17. The predicted octanol–water partition coefficient (Wildman–Crippen LogP) is 3.28. The monoisotopic (exact) mass is 272 g/mol. The Morgan fingerprint density at radius 1 is 1.37 bits per heavy atom. The van der Waals surface area contributed by atoms with Gasteiger partial charge in [0.05, 0.1) is 23.2 Å². The van der Waals surface area contributed by atoms with E-state index in [0.717, 1.165) is 11.3 Å². The molecule has 0 amide bonds. The first-order valence-corrected chi connectivity index (χ1v) is 6.24. The molecule has 0 aliphatic carbocycles. The van der Waals surface area contributed by atoms with Crippen LogP contribution in [0.1, 0.15) is 27.3 Å². The second-order valence-corrected chi connectivity index (χ2v) is 4.82. The summed E-state index contributed by atoms with van der Waals surface area (Å²) in [6.07, 6.45) is 0.283. The molecule has 0 aliphatic rings. The maximum Gasteiger partial charge on any atom is 0.210 e. The molecule has 1 aromatic heterocycles. The standard InChI is InChI=1S/C15H13ClN2O/c1-10-3-5-12(13(16)9-10)15(19)14-6-4-11(7-8-17)18(14)2/h3-6,9H,7H2,1-2H3. The fraction of sp³-hybridized carbons (Fsp3) is 0.200. The molecule has 0 spiro atoms. The minimum absolute atomic E-state index is 0.128. The zero-order valence-corrected chi connectivity index (χ0v) is 11.5. The Morgan fingerprint density at radius 2 is 2.11 bits per heavy atom. The third-order valence-electron chi connectivity index (χ3n) is 3.09. The molecule has 1 aromatic carbocycles. The van der Waals surface area contributed by atoms with Gasteiger partial charge >= 0.3 is 0 Å². The molecule has 96 valence electrons. The molecule has 0 aliphatic heterocycles. The topological polar surface area (TPSA) is 45.8 Å². The number of hydrogen-bond acceptors (Lipinski definition) is 2. The molecule has 0 fully saturated rings. The van der Waals surface area contributed by atoms with Crippen LogP contribution in [0.5, 0.6) is 0 Å². The summed E-state index contributed by atoms with van der Waals surface area (Å²) in [7, 11) is 1.78. The van der Waals surface area contributed by atoms with E-state index in [4.69, 9.17) is 16.9 Å². The number of halogens is 1. The average Bonchev–Trinajstić information content (AvgIpc) is 2.71. The fourth-order valence-corrected chi connectivity index (χ4v) is 2.30. The molecule has 0 saturated carbocycles. The highest BCUT2D eigenvalue weighted by atomic mass is 35.5. The summed E-state index contributed by atoms with van der Waals surface area (Å²) in [5.74, 6) is -0.128. The first-order valence-electron chi connectivity index (χ1n) is 5.87. The lowest BCUT2D eigenvalue weighted by Gasteiger charge is -2.07. The van der Waals surface area contributed by atoms with Gasteiger partial charge in [0.2, 0.25) is 5.78 Å². The van der Waals surface area contributed by atoms with Crippen LogP contribution in [0.3, 0.4) is 0 Å². The van der Waals surface area contributed by atoms with Crippen LogP contribution in [-0.2, 0) is 13.5 Å². The van der Waals surface area contributed by atoms with Crippen molar-refractivity contribution in [1.29, 1.82) is 5.26 Å². The van der Waals surface area contributed by atoms with Gasteiger partial charge in [0.15, 0.2) is 0 Å². The van der Waals surface area contributed by atoms with E-state index in [1.165, 1.54) is 0 Å². The number of carbonyl (C=O) groups is 1. The van der Waals surface area contributed by atoms with E-state index in [9.17, 15) is 4.79 Å². The fourth-order valence-electron chi connectivity index (χ4n) is 1.98. The second-order valence-electron chi connectivity index (χ2n) is 4.42. The molecular weight excluding hydrogens is 260 g/mol. The summed E-state index contributed by atoms with van der Waals surface area (Å²) in [6.45, 7) is 1.92. The summed E-state index contributed by atoms with van der Waals surface area (Å²) in [5.41, 5.74) is 2.85. The van der Waals surface area contributed by atoms with E-state index in [1.54, 1.807) is 35.9 Å². The second kappa shape index (κ2) is 5.29. The van der Waals surface area contributed by atoms with Crippen molar-refractivity contribution >= 4 is 17.4 Å². The van der Waals surface area contributed by atoms with Gasteiger partial charge in [-0.15, -0.1) is 0 Å². The number of rotatable bonds is 3. The molecule has 0 bridgehead atoms. The number of aryl methyl sites for hydroxylation is 1. The number of benzene rings is 1. The predicted molar refractivity (Wildman–Crippen MR) is 74.4 cm³/mol. The van der Waals surface area contributed by atoms with Gasteiger partial charge in [-0.25, -0.2) is 0 Å². The maximum absolute atomic E-state index is 12.4. The molecule has 0 N–H and O–H groups in total. The maximum atomic E-state index is 12.4. The molecule has 19 heavy (non-hydrogen) atoms. The molecule has 0 unspecified atom stereocenters. The molecule has 4 heteroatoms. The first kappa shape index (κ1) is 13.4. The summed E-state index contributed by atoms with van der Waals surface area (Å²) in [4.78, 5) is 12.4. The van der Waals surface area contributed by atoms with Crippen molar-refractivity contribution in [2.45, 2.75) is 13.3 Å². The van der Waals surface area contributed by atoms with Crippen LogP contribution in [0.25, 0.3) is 0 Å². The quantitative estimate of drug-likeness (QED) is 0.805. The summed E-state index contributed by atoms with van der Waals surface area (Å²) in [5, 5.41) is 9.17. The number of ketones is 1. The normalized spacial score (nSPS) is 10.2. The summed E-state index contributed by atoms with van der Waals surface area (Å²) in [6, 6.07) is 11.0. The van der Waals surface area contributed by atoms with Crippen LogP contribution >= 0.6 is 11.6 Å². The highest BCUT2D eigenvalue weighted by Crippen LogP contribution is 2.21. The smallest absolute Gasteiger partial charge is 0.210 e. The molecule has 2 rings (SSSR count). The van der Waals surface area contributed by atoms with Crippen LogP contribution in [-0.4, -0.2) is 10.4 Å². The lowest BCUT2D eigenvalue weighted by Crippen LogP contribution is -2.09. The molecule has 0 radical (unpaired) electrons. The van der Waals surface area contributed by atoms with Crippen LogP contribution in [0, 0.1) is 18.3 Å². The minimum atomic E-state index is -0.128. The van der Waals surface area contributed by atoms with E-state index in [0.29, 0.717) is 16.3 Å². The summed E-state index contributed by atoms with van der Waals surface area (Å²) < 4.78 is 1.74. The van der Waals surface area contributed by atoms with Crippen molar-refractivity contribution in [2.75, 3.05) is 0 Å². The van der Waals surface area contributed by atoms with Gasteiger partial charge in [-0.3, -0.25) is 4.79 Å². The zero-order valence-electron chi connectivity index (χ0n) is 10.8. The first-order chi connectivity index (χ1) is 9.04.